The number of esters is 1. The smallest absolute Gasteiger partial charge is 0.303 e. The summed E-state index contributed by atoms with van der Waals surface area (Å²) >= 11 is 0.784. The Morgan fingerprint density at radius 1 is 1.06 bits per heavy atom. The maximum atomic E-state index is 13.7. The second-order valence-electron chi connectivity index (χ2n) is 11.5. The molecule has 6 rings (SSSR count). The number of primary amides is 1. The highest BCUT2D eigenvalue weighted by molar-refractivity contribution is 7.14. The predicted molar refractivity (Wildman–Crippen MR) is 171 cm³/mol. The summed E-state index contributed by atoms with van der Waals surface area (Å²) in [5.74, 6) is -4.58. The molecular weight excluding hydrogens is 644 g/mol. The molecule has 0 bridgehead atoms. The lowest BCUT2D eigenvalue weighted by molar-refractivity contribution is -0.167. The minimum atomic E-state index is -1.80. The van der Waals surface area contributed by atoms with Gasteiger partial charge in [0.1, 0.15) is 11.4 Å². The number of carbonyl (C=O) groups excluding carboxylic acids is 6. The van der Waals surface area contributed by atoms with Crippen molar-refractivity contribution in [1.29, 1.82) is 0 Å². The zero-order chi connectivity index (χ0) is 34.5. The number of hydrogen-bond acceptors (Lipinski definition) is 12. The summed E-state index contributed by atoms with van der Waals surface area (Å²) in [6.07, 6.45) is -3.40. The molecule has 4 heterocycles. The largest absolute Gasteiger partial charge is 0.449 e. The number of aliphatic hydroxyl groups is 1. The average molecular weight is 673 g/mol. The van der Waals surface area contributed by atoms with Crippen LogP contribution in [0.25, 0.3) is 10.1 Å². The van der Waals surface area contributed by atoms with Crippen molar-refractivity contribution in [1.82, 2.24) is 9.36 Å². The molecule has 16 heteroatoms. The van der Waals surface area contributed by atoms with Crippen LogP contribution in [-0.2, 0) is 29.5 Å². The van der Waals surface area contributed by atoms with Crippen molar-refractivity contribution in [2.75, 3.05) is 28.3 Å². The number of hydrogen-bond donors (Lipinski definition) is 3. The lowest BCUT2D eigenvalue weighted by Crippen LogP contribution is -2.57. The van der Waals surface area contributed by atoms with E-state index >= 15 is 0 Å². The standard InChI is InChI=1S/C32H28N6O9S/c1-15(39)47-23(24-31(44)37(13-14-46-24)21-10-6-9-20(35-21)32(2,3)45)28(41)34-19-12-11-18-25(22(19)26(33)40)48-36-27(18)38-29(42)16-7-4-5-8-17(16)30(38)43/h4-12,23-24,45H,13-14H2,1-3H3,(H2,33,40)(H,34,41)/t23-,24-/m1/s1. The maximum absolute atomic E-state index is 13.7. The van der Waals surface area contributed by atoms with Crippen LogP contribution < -0.4 is 20.9 Å². The molecule has 4 aromatic rings. The Hall–Kier alpha value is -5.58. The molecule has 2 aromatic heterocycles. The Morgan fingerprint density at radius 3 is 2.38 bits per heavy atom. The Morgan fingerprint density at radius 2 is 1.75 bits per heavy atom. The predicted octanol–water partition coefficient (Wildman–Crippen LogP) is 2.12. The number of anilines is 3. The second kappa shape index (κ2) is 12.2. The van der Waals surface area contributed by atoms with Crippen molar-refractivity contribution in [2.45, 2.75) is 38.6 Å². The molecule has 0 spiro atoms. The van der Waals surface area contributed by atoms with Crippen LogP contribution in [0.4, 0.5) is 17.3 Å². The Balaban J connectivity index is 1.31. The van der Waals surface area contributed by atoms with Gasteiger partial charge in [-0.1, -0.05) is 18.2 Å². The van der Waals surface area contributed by atoms with Crippen LogP contribution in [0.2, 0.25) is 0 Å². The van der Waals surface area contributed by atoms with E-state index in [0.29, 0.717) is 5.69 Å². The first kappa shape index (κ1) is 32.4. The van der Waals surface area contributed by atoms with Gasteiger partial charge < -0.3 is 25.6 Å². The van der Waals surface area contributed by atoms with Crippen LogP contribution in [0.5, 0.6) is 0 Å². The van der Waals surface area contributed by atoms with Gasteiger partial charge in [-0.15, -0.1) is 0 Å². The molecule has 1 saturated heterocycles. The molecule has 48 heavy (non-hydrogen) atoms. The fourth-order valence-corrected chi connectivity index (χ4v) is 6.40. The molecule has 15 nitrogen and oxygen atoms in total. The third kappa shape index (κ3) is 5.65. The highest BCUT2D eigenvalue weighted by atomic mass is 32.1. The number of amides is 5. The average Bonchev–Trinajstić information content (AvgIpc) is 3.56. The zero-order valence-corrected chi connectivity index (χ0v) is 26.6. The van der Waals surface area contributed by atoms with Gasteiger partial charge in [0.25, 0.3) is 29.5 Å². The van der Waals surface area contributed by atoms with Crippen LogP contribution in [0.15, 0.2) is 54.6 Å². The van der Waals surface area contributed by atoms with E-state index in [9.17, 15) is 33.9 Å². The number of benzene rings is 2. The first-order valence-electron chi connectivity index (χ1n) is 14.6. The molecule has 1 fully saturated rings. The Kier molecular flexibility index (Phi) is 8.24. The van der Waals surface area contributed by atoms with E-state index in [0.717, 1.165) is 23.4 Å². The number of pyridine rings is 1. The topological polar surface area (TPSA) is 211 Å². The number of ether oxygens (including phenoxy) is 2. The van der Waals surface area contributed by atoms with E-state index in [-0.39, 0.29) is 57.3 Å². The van der Waals surface area contributed by atoms with Crippen LogP contribution >= 0.6 is 11.5 Å². The number of imide groups is 1. The lowest BCUT2D eigenvalue weighted by atomic mass is 10.0. The highest BCUT2D eigenvalue weighted by Gasteiger charge is 2.44. The van der Waals surface area contributed by atoms with Crippen molar-refractivity contribution in [2.24, 2.45) is 5.73 Å². The molecule has 0 unspecified atom stereocenters. The summed E-state index contributed by atoms with van der Waals surface area (Å²) in [4.78, 5) is 85.0. The summed E-state index contributed by atoms with van der Waals surface area (Å²) in [6, 6.07) is 13.8. The fraction of sp³-hybridized carbons (Fsp3) is 0.250. The number of carbonyl (C=O) groups is 6. The minimum Gasteiger partial charge on any atom is -0.449 e. The molecule has 246 valence electrons. The van der Waals surface area contributed by atoms with E-state index in [1.807, 2.05) is 0 Å². The number of nitrogens with zero attached hydrogens (tertiary/aromatic N) is 4. The van der Waals surface area contributed by atoms with Gasteiger partial charge in [0, 0.05) is 12.3 Å². The first-order valence-corrected chi connectivity index (χ1v) is 15.4. The molecule has 0 radical (unpaired) electrons. The van der Waals surface area contributed by atoms with Crippen molar-refractivity contribution < 1.29 is 43.3 Å². The highest BCUT2D eigenvalue weighted by Crippen LogP contribution is 2.39. The summed E-state index contributed by atoms with van der Waals surface area (Å²) in [5, 5.41) is 13.2. The third-order valence-corrected chi connectivity index (χ3v) is 8.59. The van der Waals surface area contributed by atoms with Gasteiger partial charge in [-0.05, 0) is 61.8 Å². The van der Waals surface area contributed by atoms with Crippen molar-refractivity contribution in [3.05, 3.63) is 77.0 Å². The van der Waals surface area contributed by atoms with Gasteiger partial charge in [-0.2, -0.15) is 4.37 Å². The summed E-state index contributed by atoms with van der Waals surface area (Å²) < 4.78 is 15.4. The zero-order valence-electron chi connectivity index (χ0n) is 25.8. The number of aromatic nitrogens is 2. The van der Waals surface area contributed by atoms with E-state index in [1.54, 1.807) is 44.2 Å². The van der Waals surface area contributed by atoms with Gasteiger partial charge >= 0.3 is 5.97 Å². The SMILES string of the molecule is CC(=O)O[C@@H](C(=O)Nc1ccc2c(N3C(=O)c4ccccc4C3=O)nsc2c1C(N)=O)[C@H]1OCCN(c2cccc(C(C)(C)O)n2)C1=O. The summed E-state index contributed by atoms with van der Waals surface area (Å²) in [7, 11) is 0. The normalized spacial score (nSPS) is 17.0. The van der Waals surface area contributed by atoms with Gasteiger partial charge in [-0.3, -0.25) is 33.7 Å². The fourth-order valence-electron chi connectivity index (χ4n) is 5.48. The van der Waals surface area contributed by atoms with Crippen LogP contribution in [0.1, 0.15) is 57.5 Å². The van der Waals surface area contributed by atoms with Gasteiger partial charge in [0.2, 0.25) is 6.10 Å². The van der Waals surface area contributed by atoms with Gasteiger partial charge in [-0.25, -0.2) is 9.88 Å². The van der Waals surface area contributed by atoms with Crippen molar-refractivity contribution in [3.8, 4) is 0 Å². The van der Waals surface area contributed by atoms with Crippen LogP contribution in [0.3, 0.4) is 0 Å². The number of rotatable bonds is 8. The number of fused-ring (bicyclic) bond motifs is 2. The van der Waals surface area contributed by atoms with Gasteiger partial charge in [0.15, 0.2) is 11.9 Å². The van der Waals surface area contributed by atoms with E-state index in [4.69, 9.17) is 15.2 Å². The molecule has 0 saturated carbocycles. The Bertz CT molecular complexity index is 2000. The van der Waals surface area contributed by atoms with Crippen LogP contribution in [0, 0.1) is 0 Å². The molecule has 2 aliphatic rings. The molecule has 5 amide bonds. The number of morpholine rings is 1. The number of nitrogens with two attached hydrogens (primary N) is 1. The molecular formula is C32H28N6O9S. The van der Waals surface area contributed by atoms with E-state index < -0.39 is 53.3 Å². The monoisotopic (exact) mass is 672 g/mol. The van der Waals surface area contributed by atoms with Crippen molar-refractivity contribution >= 4 is 74.4 Å². The molecule has 2 atom stereocenters. The molecule has 4 N–H and O–H groups in total. The summed E-state index contributed by atoms with van der Waals surface area (Å²) in [5.41, 5.74) is 4.86. The minimum absolute atomic E-state index is 0.0112. The number of nitrogens with one attached hydrogen (secondary N) is 1. The molecule has 0 aliphatic carbocycles. The third-order valence-electron chi connectivity index (χ3n) is 7.72. The van der Waals surface area contributed by atoms with E-state index in [2.05, 4.69) is 14.7 Å². The quantitative estimate of drug-likeness (QED) is 0.182. The van der Waals surface area contributed by atoms with Crippen molar-refractivity contribution in [3.63, 3.8) is 0 Å². The van der Waals surface area contributed by atoms with Gasteiger partial charge in [0.05, 0.1) is 45.9 Å². The van der Waals surface area contributed by atoms with Crippen LogP contribution in [-0.4, -0.2) is 75.3 Å². The molecule has 2 aliphatic heterocycles. The lowest BCUT2D eigenvalue weighted by Gasteiger charge is -2.35. The first-order chi connectivity index (χ1) is 22.8. The second-order valence-corrected chi connectivity index (χ2v) is 12.2. The summed E-state index contributed by atoms with van der Waals surface area (Å²) in [6.45, 7) is 4.16. The molecule has 2 aromatic carbocycles. The maximum Gasteiger partial charge on any atom is 0.303 e. The Labute approximate surface area is 276 Å². The van der Waals surface area contributed by atoms with E-state index in [1.165, 1.54) is 29.2 Å².